The second-order valence-corrected chi connectivity index (χ2v) is 7.52. The lowest BCUT2D eigenvalue weighted by molar-refractivity contribution is -0.116. The van der Waals surface area contributed by atoms with E-state index in [0.717, 1.165) is 17.7 Å². The van der Waals surface area contributed by atoms with Crippen LogP contribution in [0.3, 0.4) is 0 Å². The number of hydrogen-bond acceptors (Lipinski definition) is 4. The van der Waals surface area contributed by atoms with Gasteiger partial charge in [0.05, 0.1) is 18.1 Å². The van der Waals surface area contributed by atoms with Crippen LogP contribution in [0.5, 0.6) is 0 Å². The van der Waals surface area contributed by atoms with Gasteiger partial charge in [-0.3, -0.25) is 14.2 Å². The van der Waals surface area contributed by atoms with Crippen molar-refractivity contribution in [3.05, 3.63) is 52.7 Å². The van der Waals surface area contributed by atoms with Gasteiger partial charge in [-0.15, -0.1) is 0 Å². The first-order valence-electron chi connectivity index (χ1n) is 9.12. The first-order chi connectivity index (χ1) is 12.8. The topological polar surface area (TPSA) is 81.8 Å². The molecule has 0 atom stereocenters. The Morgan fingerprint density at radius 1 is 1.22 bits per heavy atom. The number of amides is 1. The van der Waals surface area contributed by atoms with Gasteiger partial charge in [-0.25, -0.2) is 9.67 Å². The quantitative estimate of drug-likeness (QED) is 0.752. The highest BCUT2D eigenvalue weighted by molar-refractivity contribution is 5.91. The van der Waals surface area contributed by atoms with Crippen molar-refractivity contribution in [1.29, 1.82) is 0 Å². The molecule has 0 aliphatic rings. The Morgan fingerprint density at radius 2 is 1.96 bits per heavy atom. The molecule has 0 bridgehead atoms. The molecule has 3 rings (SSSR count). The Hall–Kier alpha value is -2.96. The summed E-state index contributed by atoms with van der Waals surface area (Å²) in [6.07, 6.45) is 4.07. The number of carbonyl (C=O) groups is 1. The molecule has 2 heterocycles. The first kappa shape index (κ1) is 18.8. The van der Waals surface area contributed by atoms with Crippen molar-refractivity contribution in [3.8, 4) is 0 Å². The summed E-state index contributed by atoms with van der Waals surface area (Å²) in [6.45, 7) is 8.33. The SMILES string of the molecule is CCc1ccccc1NC(=O)CCn1cnc2c(cnn2C(C)(C)C)c1=O. The molecule has 0 saturated heterocycles. The lowest BCUT2D eigenvalue weighted by Gasteiger charge is -2.19. The van der Waals surface area contributed by atoms with Crippen molar-refractivity contribution >= 4 is 22.6 Å². The molecule has 0 aliphatic heterocycles. The van der Waals surface area contributed by atoms with E-state index in [-0.39, 0.29) is 30.0 Å². The van der Waals surface area contributed by atoms with Crippen molar-refractivity contribution < 1.29 is 4.79 Å². The van der Waals surface area contributed by atoms with Crippen LogP contribution in [0.1, 0.15) is 39.7 Å². The van der Waals surface area contributed by atoms with E-state index in [0.29, 0.717) is 11.0 Å². The molecule has 0 fully saturated rings. The van der Waals surface area contributed by atoms with Gasteiger partial charge < -0.3 is 5.32 Å². The molecule has 1 N–H and O–H groups in total. The zero-order valence-corrected chi connectivity index (χ0v) is 16.2. The van der Waals surface area contributed by atoms with Gasteiger partial charge in [-0.1, -0.05) is 25.1 Å². The van der Waals surface area contributed by atoms with Gasteiger partial charge in [-0.05, 0) is 38.8 Å². The number of benzene rings is 1. The minimum absolute atomic E-state index is 0.131. The third kappa shape index (κ3) is 3.92. The molecule has 142 valence electrons. The Balaban J connectivity index is 1.75. The first-order valence-corrected chi connectivity index (χ1v) is 9.12. The van der Waals surface area contributed by atoms with Gasteiger partial charge in [0.25, 0.3) is 5.56 Å². The number of nitrogens with zero attached hydrogens (tertiary/aromatic N) is 4. The van der Waals surface area contributed by atoms with E-state index in [4.69, 9.17) is 0 Å². The molecule has 1 aromatic carbocycles. The highest BCUT2D eigenvalue weighted by Crippen LogP contribution is 2.18. The van der Waals surface area contributed by atoms with Crippen molar-refractivity contribution in [3.63, 3.8) is 0 Å². The van der Waals surface area contributed by atoms with E-state index in [9.17, 15) is 9.59 Å². The molecule has 3 aromatic rings. The zero-order valence-electron chi connectivity index (χ0n) is 16.2. The second-order valence-electron chi connectivity index (χ2n) is 7.52. The summed E-state index contributed by atoms with van der Waals surface area (Å²) in [5.74, 6) is -0.131. The van der Waals surface area contributed by atoms with Crippen LogP contribution in [0.15, 0.2) is 41.6 Å². The monoisotopic (exact) mass is 367 g/mol. The molecule has 0 aliphatic carbocycles. The summed E-state index contributed by atoms with van der Waals surface area (Å²) in [4.78, 5) is 29.4. The molecule has 7 heteroatoms. The van der Waals surface area contributed by atoms with Gasteiger partial charge in [0, 0.05) is 18.7 Å². The maximum atomic E-state index is 12.7. The van der Waals surface area contributed by atoms with E-state index >= 15 is 0 Å². The number of para-hydroxylation sites is 1. The average molecular weight is 367 g/mol. The summed E-state index contributed by atoms with van der Waals surface area (Å²) >= 11 is 0. The van der Waals surface area contributed by atoms with E-state index in [1.165, 1.54) is 10.9 Å². The fraction of sp³-hybridized carbons (Fsp3) is 0.400. The number of carbonyl (C=O) groups excluding carboxylic acids is 1. The standard InChI is InChI=1S/C20H25N5O2/c1-5-14-8-6-7-9-16(14)23-17(26)10-11-24-13-21-18-15(19(24)27)12-22-25(18)20(2,3)4/h6-9,12-13H,5,10-11H2,1-4H3,(H,23,26). The number of nitrogens with one attached hydrogen (secondary N) is 1. The predicted molar refractivity (Wildman–Crippen MR) is 106 cm³/mol. The van der Waals surface area contributed by atoms with Crippen LogP contribution >= 0.6 is 0 Å². The lowest BCUT2D eigenvalue weighted by Crippen LogP contribution is -2.26. The molecule has 0 saturated carbocycles. The smallest absolute Gasteiger partial charge is 0.264 e. The molecule has 1 amide bonds. The van der Waals surface area contributed by atoms with E-state index < -0.39 is 0 Å². The number of aryl methyl sites for hydroxylation is 2. The van der Waals surface area contributed by atoms with Crippen LogP contribution < -0.4 is 10.9 Å². The van der Waals surface area contributed by atoms with Crippen LogP contribution in [0.2, 0.25) is 0 Å². The largest absolute Gasteiger partial charge is 0.326 e. The Labute approximate surface area is 158 Å². The van der Waals surface area contributed by atoms with Crippen molar-refractivity contribution in [2.45, 2.75) is 52.6 Å². The molecule has 0 radical (unpaired) electrons. The van der Waals surface area contributed by atoms with Crippen LogP contribution in [0.4, 0.5) is 5.69 Å². The third-order valence-corrected chi connectivity index (χ3v) is 4.44. The minimum Gasteiger partial charge on any atom is -0.326 e. The third-order valence-electron chi connectivity index (χ3n) is 4.44. The molecule has 0 unspecified atom stereocenters. The van der Waals surface area contributed by atoms with E-state index in [2.05, 4.69) is 15.4 Å². The lowest BCUT2D eigenvalue weighted by atomic mass is 10.1. The van der Waals surface area contributed by atoms with Gasteiger partial charge in [0.15, 0.2) is 5.65 Å². The Kier molecular flexibility index (Phi) is 5.12. The van der Waals surface area contributed by atoms with Crippen LogP contribution in [-0.4, -0.2) is 25.2 Å². The normalized spacial score (nSPS) is 11.7. The van der Waals surface area contributed by atoms with Crippen molar-refractivity contribution in [2.24, 2.45) is 0 Å². The van der Waals surface area contributed by atoms with Gasteiger partial charge in [0.2, 0.25) is 5.91 Å². The average Bonchev–Trinajstić information content (AvgIpc) is 3.07. The summed E-state index contributed by atoms with van der Waals surface area (Å²) in [6, 6.07) is 7.72. The Bertz CT molecular complexity index is 1030. The summed E-state index contributed by atoms with van der Waals surface area (Å²) in [5.41, 5.74) is 2.01. The highest BCUT2D eigenvalue weighted by atomic mass is 16.2. The molecule has 27 heavy (non-hydrogen) atoms. The minimum atomic E-state index is -0.264. The highest BCUT2D eigenvalue weighted by Gasteiger charge is 2.19. The zero-order chi connectivity index (χ0) is 19.6. The fourth-order valence-corrected chi connectivity index (χ4v) is 2.98. The summed E-state index contributed by atoms with van der Waals surface area (Å²) in [7, 11) is 0. The number of rotatable bonds is 5. The van der Waals surface area contributed by atoms with Gasteiger partial charge in [-0.2, -0.15) is 5.10 Å². The van der Waals surface area contributed by atoms with E-state index in [1.54, 1.807) is 10.9 Å². The molecular weight excluding hydrogens is 342 g/mol. The maximum Gasteiger partial charge on any atom is 0.264 e. The van der Waals surface area contributed by atoms with Gasteiger partial charge in [0.1, 0.15) is 5.39 Å². The summed E-state index contributed by atoms with van der Waals surface area (Å²) in [5, 5.41) is 7.68. The van der Waals surface area contributed by atoms with Crippen LogP contribution in [0.25, 0.3) is 11.0 Å². The number of aromatic nitrogens is 4. The van der Waals surface area contributed by atoms with E-state index in [1.807, 2.05) is 52.0 Å². The molecular formula is C20H25N5O2. The number of fused-ring (bicyclic) bond motifs is 1. The van der Waals surface area contributed by atoms with Gasteiger partial charge >= 0.3 is 0 Å². The number of hydrogen-bond donors (Lipinski definition) is 1. The molecule has 2 aromatic heterocycles. The predicted octanol–water partition coefficient (Wildman–Crippen LogP) is 2.94. The summed E-state index contributed by atoms with van der Waals surface area (Å²) < 4.78 is 3.20. The second kappa shape index (κ2) is 7.34. The Morgan fingerprint density at radius 3 is 2.67 bits per heavy atom. The van der Waals surface area contributed by atoms with Crippen molar-refractivity contribution in [2.75, 3.05) is 5.32 Å². The number of anilines is 1. The molecule has 7 nitrogen and oxygen atoms in total. The maximum absolute atomic E-state index is 12.7. The fourth-order valence-electron chi connectivity index (χ4n) is 2.98. The van der Waals surface area contributed by atoms with Crippen molar-refractivity contribution in [1.82, 2.24) is 19.3 Å². The molecule has 0 spiro atoms. The van der Waals surface area contributed by atoms with Crippen LogP contribution in [0, 0.1) is 0 Å². The van der Waals surface area contributed by atoms with Crippen LogP contribution in [-0.2, 0) is 23.3 Å².